The Morgan fingerprint density at radius 2 is 2.03 bits per heavy atom. The van der Waals surface area contributed by atoms with Gasteiger partial charge >= 0.3 is 0 Å². The average molecular weight is 463 g/mol. The molecule has 3 aromatic rings. The van der Waals surface area contributed by atoms with Crippen LogP contribution in [0.2, 0.25) is 0 Å². The SMILES string of the molecule is C=CCN(Cc1ccccc1Br)CC(O)(Cn1cncn1)c1ccc(F)cc1F. The minimum Gasteiger partial charge on any atom is -0.382 e. The molecular formula is C21H21BrF2N4O. The van der Waals surface area contributed by atoms with Crippen molar-refractivity contribution in [3.63, 3.8) is 0 Å². The summed E-state index contributed by atoms with van der Waals surface area (Å²) in [4.78, 5) is 5.82. The lowest BCUT2D eigenvalue weighted by atomic mass is 9.92. The van der Waals surface area contributed by atoms with Gasteiger partial charge in [0, 0.05) is 35.7 Å². The van der Waals surface area contributed by atoms with Gasteiger partial charge in [0.25, 0.3) is 0 Å². The molecule has 0 radical (unpaired) electrons. The first-order valence-corrected chi connectivity index (χ1v) is 9.77. The Kier molecular flexibility index (Phi) is 6.89. The van der Waals surface area contributed by atoms with Crippen molar-refractivity contribution in [1.29, 1.82) is 0 Å². The van der Waals surface area contributed by atoms with Gasteiger partial charge in [-0.3, -0.25) is 4.90 Å². The lowest BCUT2D eigenvalue weighted by Crippen LogP contribution is -2.44. The van der Waals surface area contributed by atoms with Gasteiger partial charge in [0.2, 0.25) is 0 Å². The van der Waals surface area contributed by atoms with Crippen molar-refractivity contribution >= 4 is 15.9 Å². The summed E-state index contributed by atoms with van der Waals surface area (Å²) in [5.74, 6) is -1.52. The highest BCUT2D eigenvalue weighted by Gasteiger charge is 2.35. The maximum atomic E-state index is 14.6. The van der Waals surface area contributed by atoms with E-state index in [9.17, 15) is 13.9 Å². The van der Waals surface area contributed by atoms with E-state index >= 15 is 0 Å². The summed E-state index contributed by atoms with van der Waals surface area (Å²) in [6, 6.07) is 10.9. The van der Waals surface area contributed by atoms with Gasteiger partial charge in [0.15, 0.2) is 0 Å². The molecule has 0 fully saturated rings. The van der Waals surface area contributed by atoms with Crippen LogP contribution in [0.15, 0.2) is 72.2 Å². The highest BCUT2D eigenvalue weighted by molar-refractivity contribution is 9.10. The number of halogens is 3. The summed E-state index contributed by atoms with van der Waals surface area (Å²) in [6.07, 6.45) is 4.50. The van der Waals surface area contributed by atoms with Gasteiger partial charge in [-0.15, -0.1) is 6.58 Å². The van der Waals surface area contributed by atoms with Crippen molar-refractivity contribution in [3.05, 3.63) is 95.0 Å². The Bertz CT molecular complexity index is 967. The molecule has 1 unspecified atom stereocenters. The van der Waals surface area contributed by atoms with E-state index in [0.717, 1.165) is 22.2 Å². The van der Waals surface area contributed by atoms with E-state index in [-0.39, 0.29) is 18.7 Å². The molecule has 29 heavy (non-hydrogen) atoms. The van der Waals surface area contributed by atoms with Gasteiger partial charge in [0.1, 0.15) is 29.9 Å². The molecule has 5 nitrogen and oxygen atoms in total. The predicted octanol–water partition coefficient (Wildman–Crippen LogP) is 3.89. The van der Waals surface area contributed by atoms with Crippen molar-refractivity contribution in [2.24, 2.45) is 0 Å². The molecule has 0 saturated heterocycles. The summed E-state index contributed by atoms with van der Waals surface area (Å²) in [7, 11) is 0. The number of nitrogens with zero attached hydrogens (tertiary/aromatic N) is 4. The third kappa shape index (κ3) is 5.35. The summed E-state index contributed by atoms with van der Waals surface area (Å²) >= 11 is 3.53. The van der Waals surface area contributed by atoms with Crippen LogP contribution in [0.25, 0.3) is 0 Å². The number of hydrogen-bond donors (Lipinski definition) is 1. The Morgan fingerprint density at radius 3 is 2.69 bits per heavy atom. The number of aromatic nitrogens is 3. The summed E-state index contributed by atoms with van der Waals surface area (Å²) < 4.78 is 30.4. The molecule has 0 bridgehead atoms. The van der Waals surface area contributed by atoms with Crippen LogP contribution in [0, 0.1) is 11.6 Å². The summed E-state index contributed by atoms with van der Waals surface area (Å²) in [5, 5.41) is 15.6. The quantitative estimate of drug-likeness (QED) is 0.490. The van der Waals surface area contributed by atoms with E-state index in [4.69, 9.17) is 0 Å². The molecule has 1 N–H and O–H groups in total. The Balaban J connectivity index is 1.95. The minimum atomic E-state index is -1.67. The van der Waals surface area contributed by atoms with E-state index in [1.165, 1.54) is 23.4 Å². The fraction of sp³-hybridized carbons (Fsp3) is 0.238. The fourth-order valence-corrected chi connectivity index (χ4v) is 3.68. The van der Waals surface area contributed by atoms with Crippen molar-refractivity contribution < 1.29 is 13.9 Å². The second-order valence-electron chi connectivity index (χ2n) is 6.80. The molecule has 0 aliphatic rings. The van der Waals surface area contributed by atoms with E-state index in [1.54, 1.807) is 6.08 Å². The second-order valence-corrected chi connectivity index (χ2v) is 7.65. The monoisotopic (exact) mass is 462 g/mol. The van der Waals surface area contributed by atoms with E-state index in [2.05, 4.69) is 32.6 Å². The van der Waals surface area contributed by atoms with Crippen molar-refractivity contribution in [2.75, 3.05) is 13.1 Å². The molecule has 0 spiro atoms. The highest BCUT2D eigenvalue weighted by Crippen LogP contribution is 2.29. The molecule has 0 saturated carbocycles. The van der Waals surface area contributed by atoms with E-state index in [0.29, 0.717) is 13.1 Å². The molecule has 0 aliphatic heterocycles. The molecular weight excluding hydrogens is 442 g/mol. The van der Waals surface area contributed by atoms with Gasteiger partial charge in [-0.2, -0.15) is 5.10 Å². The lowest BCUT2D eigenvalue weighted by Gasteiger charge is -2.34. The first-order valence-electron chi connectivity index (χ1n) is 8.98. The van der Waals surface area contributed by atoms with Crippen LogP contribution in [-0.2, 0) is 18.7 Å². The third-order valence-electron chi connectivity index (χ3n) is 4.55. The van der Waals surface area contributed by atoms with Gasteiger partial charge in [-0.25, -0.2) is 18.4 Å². The minimum absolute atomic E-state index is 0.00408. The first kappa shape index (κ1) is 21.3. The number of aliphatic hydroxyl groups is 1. The molecule has 3 rings (SSSR count). The van der Waals surface area contributed by atoms with Crippen LogP contribution >= 0.6 is 15.9 Å². The van der Waals surface area contributed by atoms with Crippen molar-refractivity contribution in [3.8, 4) is 0 Å². The van der Waals surface area contributed by atoms with Crippen LogP contribution in [0.4, 0.5) is 8.78 Å². The second kappa shape index (κ2) is 9.39. The smallest absolute Gasteiger partial charge is 0.137 e. The zero-order chi connectivity index (χ0) is 20.9. The topological polar surface area (TPSA) is 54.2 Å². The molecule has 8 heteroatoms. The Morgan fingerprint density at radius 1 is 1.24 bits per heavy atom. The zero-order valence-electron chi connectivity index (χ0n) is 15.7. The van der Waals surface area contributed by atoms with E-state index in [1.807, 2.05) is 29.2 Å². The predicted molar refractivity (Wildman–Crippen MR) is 110 cm³/mol. The number of hydrogen-bond acceptors (Lipinski definition) is 4. The van der Waals surface area contributed by atoms with Gasteiger partial charge in [-0.05, 0) is 17.7 Å². The molecule has 0 aliphatic carbocycles. The number of benzene rings is 2. The van der Waals surface area contributed by atoms with Crippen LogP contribution in [0.3, 0.4) is 0 Å². The fourth-order valence-electron chi connectivity index (χ4n) is 3.27. The average Bonchev–Trinajstić information content (AvgIpc) is 3.16. The maximum Gasteiger partial charge on any atom is 0.137 e. The van der Waals surface area contributed by atoms with Crippen LogP contribution < -0.4 is 0 Å². The third-order valence-corrected chi connectivity index (χ3v) is 5.32. The van der Waals surface area contributed by atoms with E-state index < -0.39 is 17.2 Å². The number of rotatable bonds is 9. The summed E-state index contributed by atoms with van der Waals surface area (Å²) in [5.41, 5.74) is -0.664. The zero-order valence-corrected chi connectivity index (χ0v) is 17.3. The van der Waals surface area contributed by atoms with Gasteiger partial charge in [0.05, 0.1) is 6.54 Å². The largest absolute Gasteiger partial charge is 0.382 e. The van der Waals surface area contributed by atoms with Crippen LogP contribution in [0.5, 0.6) is 0 Å². The molecule has 2 aromatic carbocycles. The van der Waals surface area contributed by atoms with Crippen molar-refractivity contribution in [1.82, 2.24) is 19.7 Å². The van der Waals surface area contributed by atoms with Gasteiger partial charge < -0.3 is 5.11 Å². The maximum absolute atomic E-state index is 14.6. The van der Waals surface area contributed by atoms with Crippen LogP contribution in [-0.4, -0.2) is 37.9 Å². The normalized spacial score (nSPS) is 13.4. The summed E-state index contributed by atoms with van der Waals surface area (Å²) in [6.45, 7) is 4.77. The molecule has 0 amide bonds. The van der Waals surface area contributed by atoms with Gasteiger partial charge in [-0.1, -0.05) is 46.3 Å². The van der Waals surface area contributed by atoms with Crippen molar-refractivity contribution in [2.45, 2.75) is 18.7 Å². The molecule has 152 valence electrons. The molecule has 1 atom stereocenters. The standard InChI is InChI=1S/C21H21BrF2N4O/c1-2-9-27(11-16-5-3-4-6-19(16)22)12-21(29,13-28-15-25-14-26-28)18-8-7-17(23)10-20(18)24/h2-8,10,14-15,29H,1,9,11-13H2. The molecule has 1 heterocycles. The lowest BCUT2D eigenvalue weighted by molar-refractivity contribution is -0.0210. The Hall–Kier alpha value is -2.42. The van der Waals surface area contributed by atoms with Crippen LogP contribution in [0.1, 0.15) is 11.1 Å². The highest BCUT2D eigenvalue weighted by atomic mass is 79.9. The molecule has 1 aromatic heterocycles. The Labute approximate surface area is 176 Å². The first-order chi connectivity index (χ1) is 13.9.